The van der Waals surface area contributed by atoms with E-state index in [1.165, 1.54) is 33.6 Å². The Balaban J connectivity index is 1.29. The molecule has 0 spiro atoms. The number of rotatable bonds is 6. The van der Waals surface area contributed by atoms with E-state index < -0.39 is 5.97 Å². The average molecular weight is 485 g/mol. The van der Waals surface area contributed by atoms with Crippen LogP contribution in [0.4, 0.5) is 0 Å². The zero-order valence-corrected chi connectivity index (χ0v) is 18.6. The number of aromatic nitrogens is 4. The minimum Gasteiger partial charge on any atom is -0.454 e. The Morgan fingerprint density at radius 1 is 1.19 bits per heavy atom. The van der Waals surface area contributed by atoms with Crippen molar-refractivity contribution in [2.45, 2.75) is 13.2 Å². The molecule has 4 aromatic heterocycles. The van der Waals surface area contributed by atoms with Crippen LogP contribution in [-0.2, 0) is 22.7 Å². The Hall–Kier alpha value is -3.34. The monoisotopic (exact) mass is 484 g/mol. The molecule has 160 valence electrons. The third-order valence-electron chi connectivity index (χ3n) is 4.57. The van der Waals surface area contributed by atoms with Gasteiger partial charge in [-0.25, -0.2) is 4.98 Å². The third kappa shape index (κ3) is 4.07. The highest BCUT2D eigenvalue weighted by Crippen LogP contribution is 2.33. The van der Waals surface area contributed by atoms with Crippen molar-refractivity contribution >= 4 is 50.5 Å². The number of carbonyl (C=O) groups is 1. The fourth-order valence-corrected chi connectivity index (χ4v) is 4.90. The van der Waals surface area contributed by atoms with Crippen molar-refractivity contribution in [2.75, 3.05) is 0 Å². The van der Waals surface area contributed by atoms with Gasteiger partial charge in [0, 0.05) is 26.4 Å². The van der Waals surface area contributed by atoms with Gasteiger partial charge in [-0.1, -0.05) is 22.8 Å². The molecule has 11 heteroatoms. The highest BCUT2D eigenvalue weighted by molar-refractivity contribution is 7.18. The van der Waals surface area contributed by atoms with E-state index in [4.69, 9.17) is 20.9 Å². The molecule has 0 aliphatic heterocycles. The van der Waals surface area contributed by atoms with Gasteiger partial charge in [0.25, 0.3) is 11.4 Å². The number of ether oxygens (including phenoxy) is 1. The normalized spacial score (nSPS) is 11.2. The molecule has 32 heavy (non-hydrogen) atoms. The molecule has 0 aliphatic carbocycles. The molecule has 5 rings (SSSR count). The Morgan fingerprint density at radius 2 is 2.03 bits per heavy atom. The van der Waals surface area contributed by atoms with Crippen LogP contribution < -0.4 is 5.56 Å². The standard InChI is InChI=1S/C21H13ClN4O4S2/c22-13-5-3-12(4-6-13)19-24-16(30-25-19)9-29-17(27)8-26-11-23-20-18(21(26)28)14(10-32-20)15-2-1-7-31-15/h1-7,10-11H,8-9H2. The fourth-order valence-electron chi connectivity index (χ4n) is 3.05. The zero-order chi connectivity index (χ0) is 22.1. The first-order valence-electron chi connectivity index (χ1n) is 9.33. The molecule has 0 amide bonds. The van der Waals surface area contributed by atoms with E-state index in [0.717, 1.165) is 16.0 Å². The summed E-state index contributed by atoms with van der Waals surface area (Å²) in [6.07, 6.45) is 1.35. The van der Waals surface area contributed by atoms with Crippen molar-refractivity contribution < 1.29 is 14.1 Å². The third-order valence-corrected chi connectivity index (χ3v) is 6.62. The molecule has 0 unspecified atom stereocenters. The summed E-state index contributed by atoms with van der Waals surface area (Å²) in [5, 5.41) is 8.81. The highest BCUT2D eigenvalue weighted by Gasteiger charge is 2.16. The van der Waals surface area contributed by atoms with E-state index in [9.17, 15) is 9.59 Å². The van der Waals surface area contributed by atoms with Gasteiger partial charge >= 0.3 is 5.97 Å². The predicted molar refractivity (Wildman–Crippen MR) is 122 cm³/mol. The second kappa shape index (κ2) is 8.65. The average Bonchev–Trinajstić information content (AvgIpc) is 3.55. The lowest BCUT2D eigenvalue weighted by Crippen LogP contribution is -2.25. The minimum absolute atomic E-state index is 0.141. The van der Waals surface area contributed by atoms with Crippen LogP contribution >= 0.6 is 34.3 Å². The highest BCUT2D eigenvalue weighted by atomic mass is 35.5. The van der Waals surface area contributed by atoms with E-state index in [0.29, 0.717) is 21.1 Å². The summed E-state index contributed by atoms with van der Waals surface area (Å²) in [5.41, 5.74) is 1.25. The lowest BCUT2D eigenvalue weighted by Gasteiger charge is -2.05. The molecule has 5 aromatic rings. The molecular weight excluding hydrogens is 472 g/mol. The van der Waals surface area contributed by atoms with Crippen LogP contribution in [0.2, 0.25) is 5.02 Å². The molecule has 8 nitrogen and oxygen atoms in total. The van der Waals surface area contributed by atoms with Gasteiger partial charge in [0.05, 0.1) is 11.7 Å². The summed E-state index contributed by atoms with van der Waals surface area (Å²) in [4.78, 5) is 35.4. The van der Waals surface area contributed by atoms with Gasteiger partial charge in [0.2, 0.25) is 5.82 Å². The van der Waals surface area contributed by atoms with Crippen molar-refractivity contribution in [3.05, 3.63) is 74.8 Å². The number of carbonyl (C=O) groups excluding carboxylic acids is 1. The number of esters is 1. The summed E-state index contributed by atoms with van der Waals surface area (Å²) in [5.74, 6) is -0.119. The van der Waals surface area contributed by atoms with Gasteiger partial charge in [-0.15, -0.1) is 22.7 Å². The maximum absolute atomic E-state index is 13.0. The van der Waals surface area contributed by atoms with Crippen LogP contribution in [0.3, 0.4) is 0 Å². The maximum Gasteiger partial charge on any atom is 0.326 e. The van der Waals surface area contributed by atoms with E-state index in [1.54, 1.807) is 24.3 Å². The van der Waals surface area contributed by atoms with Crippen molar-refractivity contribution in [1.29, 1.82) is 0 Å². The fraction of sp³-hybridized carbons (Fsp3) is 0.0952. The maximum atomic E-state index is 13.0. The SMILES string of the molecule is O=C(Cn1cnc2scc(-c3cccs3)c2c1=O)OCc1nc(-c2ccc(Cl)cc2)no1. The summed E-state index contributed by atoms with van der Waals surface area (Å²) in [6, 6.07) is 10.8. The summed E-state index contributed by atoms with van der Waals surface area (Å²) >= 11 is 8.81. The topological polar surface area (TPSA) is 100 Å². The van der Waals surface area contributed by atoms with Crippen LogP contribution in [0.5, 0.6) is 0 Å². The molecule has 0 saturated carbocycles. The molecule has 0 N–H and O–H groups in total. The number of benzene rings is 1. The predicted octanol–water partition coefficient (Wildman–Crippen LogP) is 4.63. The first kappa shape index (κ1) is 20.6. The number of halogens is 1. The van der Waals surface area contributed by atoms with Gasteiger partial charge in [-0.3, -0.25) is 14.2 Å². The van der Waals surface area contributed by atoms with Crippen LogP contribution in [-0.4, -0.2) is 25.7 Å². The summed E-state index contributed by atoms with van der Waals surface area (Å²) < 4.78 is 11.6. The number of hydrogen-bond donors (Lipinski definition) is 0. The van der Waals surface area contributed by atoms with E-state index >= 15 is 0 Å². The van der Waals surface area contributed by atoms with Crippen molar-refractivity contribution in [3.63, 3.8) is 0 Å². The Kier molecular flexibility index (Phi) is 5.56. The summed E-state index contributed by atoms with van der Waals surface area (Å²) in [7, 11) is 0. The Labute approximate surface area is 193 Å². The van der Waals surface area contributed by atoms with Gasteiger partial charge in [0.15, 0.2) is 6.61 Å². The molecule has 0 atom stereocenters. The largest absolute Gasteiger partial charge is 0.454 e. The molecule has 0 fully saturated rings. The molecule has 1 aromatic carbocycles. The van der Waals surface area contributed by atoms with Crippen LogP contribution in [0.15, 0.2) is 62.8 Å². The van der Waals surface area contributed by atoms with Gasteiger partial charge in [-0.2, -0.15) is 4.98 Å². The number of thiophene rings is 2. The lowest BCUT2D eigenvalue weighted by atomic mass is 10.2. The van der Waals surface area contributed by atoms with E-state index in [-0.39, 0.29) is 24.6 Å². The Morgan fingerprint density at radius 3 is 2.81 bits per heavy atom. The lowest BCUT2D eigenvalue weighted by molar-refractivity contribution is -0.146. The first-order chi connectivity index (χ1) is 15.6. The summed E-state index contributed by atoms with van der Waals surface area (Å²) in [6.45, 7) is -0.484. The molecular formula is C21H13ClN4O4S2. The zero-order valence-electron chi connectivity index (χ0n) is 16.2. The van der Waals surface area contributed by atoms with Crippen molar-refractivity contribution in [3.8, 4) is 21.8 Å². The van der Waals surface area contributed by atoms with Crippen LogP contribution in [0.25, 0.3) is 32.0 Å². The van der Waals surface area contributed by atoms with Crippen molar-refractivity contribution in [2.24, 2.45) is 0 Å². The van der Waals surface area contributed by atoms with Gasteiger partial charge in [0.1, 0.15) is 11.4 Å². The molecule has 0 radical (unpaired) electrons. The van der Waals surface area contributed by atoms with Crippen LogP contribution in [0, 0.1) is 0 Å². The van der Waals surface area contributed by atoms with Crippen molar-refractivity contribution in [1.82, 2.24) is 19.7 Å². The van der Waals surface area contributed by atoms with E-state index in [1.807, 2.05) is 22.9 Å². The number of fused-ring (bicyclic) bond motifs is 1. The van der Waals surface area contributed by atoms with Gasteiger partial charge in [-0.05, 0) is 35.7 Å². The number of nitrogens with zero attached hydrogens (tertiary/aromatic N) is 4. The first-order valence-corrected chi connectivity index (χ1v) is 11.5. The Bertz CT molecular complexity index is 1460. The van der Waals surface area contributed by atoms with Crippen LogP contribution in [0.1, 0.15) is 5.89 Å². The molecule has 4 heterocycles. The smallest absolute Gasteiger partial charge is 0.326 e. The molecule has 0 saturated heterocycles. The molecule has 0 bridgehead atoms. The van der Waals surface area contributed by atoms with Gasteiger partial charge < -0.3 is 9.26 Å². The van der Waals surface area contributed by atoms with E-state index in [2.05, 4.69) is 15.1 Å². The minimum atomic E-state index is -0.618. The molecule has 0 aliphatic rings. The quantitative estimate of drug-likeness (QED) is 0.324. The number of hydrogen-bond acceptors (Lipinski definition) is 9. The second-order valence-corrected chi connectivity index (χ2v) is 8.91. The second-order valence-electron chi connectivity index (χ2n) is 6.66.